The number of aliphatic hydroxyl groups excluding tert-OH is 1. The van der Waals surface area contributed by atoms with E-state index >= 15 is 0 Å². The number of aromatic nitrogens is 1. The maximum atomic E-state index is 10.1. The third-order valence-corrected chi connectivity index (χ3v) is 6.90. The van der Waals surface area contributed by atoms with E-state index < -0.39 is 0 Å². The minimum Gasteiger partial charge on any atom is -0.396 e. The van der Waals surface area contributed by atoms with Crippen LogP contribution in [-0.4, -0.2) is 47.4 Å². The molecule has 5 heteroatoms. The molecule has 3 heterocycles. The number of likely N-dealkylation sites (tertiary alicyclic amines) is 1. The Morgan fingerprint density at radius 1 is 1.24 bits per heavy atom. The molecule has 0 amide bonds. The first-order chi connectivity index (χ1) is 12.3. The maximum absolute atomic E-state index is 10.1. The maximum Gasteiger partial charge on any atom is 0.108 e. The van der Waals surface area contributed by atoms with Crippen molar-refractivity contribution in [2.24, 2.45) is 5.41 Å². The SMILES string of the molecule is OCC1(C[C@H]2CCCCO2)CCN(Cc2nc3ccccc3s2)CC1. The molecule has 0 saturated carbocycles. The van der Waals surface area contributed by atoms with Gasteiger partial charge in [-0.2, -0.15) is 0 Å². The van der Waals surface area contributed by atoms with Crippen molar-refractivity contribution in [3.8, 4) is 0 Å². The van der Waals surface area contributed by atoms with Gasteiger partial charge in [-0.25, -0.2) is 4.98 Å². The Balaban J connectivity index is 1.34. The van der Waals surface area contributed by atoms with Gasteiger partial charge in [0.1, 0.15) is 5.01 Å². The molecule has 4 rings (SSSR count). The largest absolute Gasteiger partial charge is 0.396 e. The van der Waals surface area contributed by atoms with Crippen molar-refractivity contribution in [3.05, 3.63) is 29.3 Å². The van der Waals surface area contributed by atoms with Gasteiger partial charge < -0.3 is 9.84 Å². The summed E-state index contributed by atoms with van der Waals surface area (Å²) in [6.45, 7) is 4.21. The molecule has 0 radical (unpaired) electrons. The van der Waals surface area contributed by atoms with E-state index in [4.69, 9.17) is 9.72 Å². The smallest absolute Gasteiger partial charge is 0.108 e. The second-order valence-electron chi connectivity index (χ2n) is 7.70. The molecule has 2 aliphatic heterocycles. The molecule has 136 valence electrons. The topological polar surface area (TPSA) is 45.6 Å². The van der Waals surface area contributed by atoms with Gasteiger partial charge in [-0.05, 0) is 69.2 Å². The van der Waals surface area contributed by atoms with Crippen LogP contribution in [-0.2, 0) is 11.3 Å². The molecule has 1 aromatic heterocycles. The first-order valence-electron chi connectivity index (χ1n) is 9.56. The van der Waals surface area contributed by atoms with E-state index in [-0.39, 0.29) is 5.41 Å². The molecule has 4 nitrogen and oxygen atoms in total. The number of fused-ring (bicyclic) bond motifs is 1. The van der Waals surface area contributed by atoms with E-state index in [0.29, 0.717) is 12.7 Å². The van der Waals surface area contributed by atoms with Crippen molar-refractivity contribution in [3.63, 3.8) is 0 Å². The second kappa shape index (κ2) is 7.70. The van der Waals surface area contributed by atoms with E-state index in [1.807, 2.05) is 0 Å². The first kappa shape index (κ1) is 17.4. The van der Waals surface area contributed by atoms with Crippen LogP contribution in [0.5, 0.6) is 0 Å². The van der Waals surface area contributed by atoms with Crippen molar-refractivity contribution in [1.29, 1.82) is 0 Å². The lowest BCUT2D eigenvalue weighted by atomic mass is 9.74. The highest BCUT2D eigenvalue weighted by atomic mass is 32.1. The highest BCUT2D eigenvalue weighted by Crippen LogP contribution is 2.38. The zero-order chi connectivity index (χ0) is 17.1. The van der Waals surface area contributed by atoms with E-state index in [9.17, 15) is 5.11 Å². The number of ether oxygens (including phenoxy) is 1. The van der Waals surface area contributed by atoms with Gasteiger partial charge in [0.2, 0.25) is 0 Å². The highest BCUT2D eigenvalue weighted by molar-refractivity contribution is 7.18. The Hall–Kier alpha value is -1.01. The summed E-state index contributed by atoms with van der Waals surface area (Å²) in [6, 6.07) is 8.37. The number of hydrogen-bond donors (Lipinski definition) is 1. The molecular weight excluding hydrogens is 332 g/mol. The van der Waals surface area contributed by atoms with Gasteiger partial charge in [0.25, 0.3) is 0 Å². The Bertz CT molecular complexity index is 655. The lowest BCUT2D eigenvalue weighted by molar-refractivity contribution is -0.0486. The fourth-order valence-electron chi connectivity index (χ4n) is 4.24. The normalized spacial score (nSPS) is 24.6. The average molecular weight is 361 g/mol. The van der Waals surface area contributed by atoms with Crippen LogP contribution >= 0.6 is 11.3 Å². The summed E-state index contributed by atoms with van der Waals surface area (Å²) < 4.78 is 7.20. The molecule has 2 aromatic rings. The molecule has 2 aliphatic rings. The Kier molecular flexibility index (Phi) is 5.36. The number of hydrogen-bond acceptors (Lipinski definition) is 5. The summed E-state index contributed by atoms with van der Waals surface area (Å²) in [5.74, 6) is 0. The Morgan fingerprint density at radius 3 is 2.80 bits per heavy atom. The molecule has 1 aromatic carbocycles. The third-order valence-electron chi connectivity index (χ3n) is 5.88. The number of thiazole rings is 1. The molecular formula is C20H28N2O2S. The molecule has 2 fully saturated rings. The molecule has 1 atom stereocenters. The fraction of sp³-hybridized carbons (Fsp3) is 0.650. The van der Waals surface area contributed by atoms with Crippen molar-refractivity contribution in [2.45, 2.75) is 51.2 Å². The van der Waals surface area contributed by atoms with Gasteiger partial charge in [-0.1, -0.05) is 12.1 Å². The molecule has 0 aliphatic carbocycles. The molecule has 0 spiro atoms. The number of rotatable bonds is 5. The summed E-state index contributed by atoms with van der Waals surface area (Å²) in [5.41, 5.74) is 1.17. The summed E-state index contributed by atoms with van der Waals surface area (Å²) in [6.07, 6.45) is 7.14. The van der Waals surface area contributed by atoms with Gasteiger partial charge in [0.15, 0.2) is 0 Å². The van der Waals surface area contributed by atoms with Gasteiger partial charge in [-0.15, -0.1) is 11.3 Å². The van der Waals surface area contributed by atoms with Crippen LogP contribution in [0, 0.1) is 5.41 Å². The third kappa shape index (κ3) is 4.05. The van der Waals surface area contributed by atoms with Crippen LogP contribution in [0.4, 0.5) is 0 Å². The van der Waals surface area contributed by atoms with Gasteiger partial charge in [0, 0.05) is 13.2 Å². The molecule has 0 unspecified atom stereocenters. The Morgan fingerprint density at radius 2 is 2.08 bits per heavy atom. The average Bonchev–Trinajstić information content (AvgIpc) is 3.07. The molecule has 2 saturated heterocycles. The monoisotopic (exact) mass is 360 g/mol. The van der Waals surface area contributed by atoms with E-state index in [0.717, 1.165) is 57.4 Å². The van der Waals surface area contributed by atoms with Crippen LogP contribution in [0.25, 0.3) is 10.2 Å². The number of para-hydroxylation sites is 1. The number of benzene rings is 1. The zero-order valence-corrected chi connectivity index (χ0v) is 15.6. The standard InChI is InChI=1S/C20H28N2O2S/c23-15-20(13-16-5-3-4-12-24-16)8-10-22(11-9-20)14-19-21-17-6-1-2-7-18(17)25-19/h1-2,6-7,16,23H,3-5,8-15H2/t16-/m1/s1. The van der Waals surface area contributed by atoms with Crippen molar-refractivity contribution in [1.82, 2.24) is 9.88 Å². The van der Waals surface area contributed by atoms with Crippen molar-refractivity contribution >= 4 is 21.6 Å². The number of piperidine rings is 1. The van der Waals surface area contributed by atoms with Crippen LogP contribution in [0.3, 0.4) is 0 Å². The van der Waals surface area contributed by atoms with Crippen LogP contribution < -0.4 is 0 Å². The number of nitrogens with zero attached hydrogens (tertiary/aromatic N) is 2. The van der Waals surface area contributed by atoms with Gasteiger partial charge in [-0.3, -0.25) is 4.90 Å². The quantitative estimate of drug-likeness (QED) is 0.880. The van der Waals surface area contributed by atoms with Gasteiger partial charge in [0.05, 0.1) is 22.9 Å². The predicted molar refractivity (Wildman–Crippen MR) is 102 cm³/mol. The molecule has 25 heavy (non-hydrogen) atoms. The van der Waals surface area contributed by atoms with E-state index in [1.54, 1.807) is 11.3 Å². The van der Waals surface area contributed by atoms with Crippen molar-refractivity contribution in [2.75, 3.05) is 26.3 Å². The van der Waals surface area contributed by atoms with E-state index in [2.05, 4.69) is 29.2 Å². The molecule has 0 bridgehead atoms. The lowest BCUT2D eigenvalue weighted by Crippen LogP contribution is -2.44. The van der Waals surface area contributed by atoms with E-state index in [1.165, 1.54) is 22.5 Å². The molecule has 1 N–H and O–H groups in total. The minimum absolute atomic E-state index is 0.0616. The van der Waals surface area contributed by atoms with Gasteiger partial charge >= 0.3 is 0 Å². The second-order valence-corrected chi connectivity index (χ2v) is 8.82. The van der Waals surface area contributed by atoms with Crippen LogP contribution in [0.1, 0.15) is 43.5 Å². The number of aliphatic hydroxyl groups is 1. The van der Waals surface area contributed by atoms with Crippen LogP contribution in [0.2, 0.25) is 0 Å². The first-order valence-corrected chi connectivity index (χ1v) is 10.4. The summed E-state index contributed by atoms with van der Waals surface area (Å²) in [4.78, 5) is 7.26. The highest BCUT2D eigenvalue weighted by Gasteiger charge is 2.37. The summed E-state index contributed by atoms with van der Waals surface area (Å²) in [5, 5.41) is 11.3. The minimum atomic E-state index is 0.0616. The van der Waals surface area contributed by atoms with Crippen LogP contribution in [0.15, 0.2) is 24.3 Å². The summed E-state index contributed by atoms with van der Waals surface area (Å²) >= 11 is 1.80. The summed E-state index contributed by atoms with van der Waals surface area (Å²) in [7, 11) is 0. The lowest BCUT2D eigenvalue weighted by Gasteiger charge is -2.42. The zero-order valence-electron chi connectivity index (χ0n) is 14.8. The predicted octanol–water partition coefficient (Wildman–Crippen LogP) is 3.83. The van der Waals surface area contributed by atoms with Crippen molar-refractivity contribution < 1.29 is 9.84 Å². The fourth-order valence-corrected chi connectivity index (χ4v) is 5.25. The Labute approximate surface area is 153 Å².